The third-order valence-electron chi connectivity index (χ3n) is 4.81. The fourth-order valence-corrected chi connectivity index (χ4v) is 3.25. The summed E-state index contributed by atoms with van der Waals surface area (Å²) in [5.41, 5.74) is 1.29. The Labute approximate surface area is 119 Å². The van der Waals surface area contributed by atoms with Gasteiger partial charge in [-0.1, -0.05) is 26.5 Å². The van der Waals surface area contributed by atoms with Crippen LogP contribution in [0.5, 0.6) is 0 Å². The van der Waals surface area contributed by atoms with Gasteiger partial charge in [-0.2, -0.15) is 0 Å². The van der Waals surface area contributed by atoms with Crippen LogP contribution in [0.2, 0.25) is 0 Å². The second kappa shape index (κ2) is 5.19. The van der Waals surface area contributed by atoms with E-state index >= 15 is 0 Å². The van der Waals surface area contributed by atoms with Crippen molar-refractivity contribution in [3.8, 4) is 0 Å². The van der Waals surface area contributed by atoms with E-state index in [-0.39, 0.29) is 18.3 Å². The predicted molar refractivity (Wildman–Crippen MR) is 75.9 cm³/mol. The molecule has 20 heavy (non-hydrogen) atoms. The van der Waals surface area contributed by atoms with Crippen molar-refractivity contribution in [3.63, 3.8) is 0 Å². The summed E-state index contributed by atoms with van der Waals surface area (Å²) < 4.78 is 5.33. The van der Waals surface area contributed by atoms with Crippen molar-refractivity contribution >= 4 is 5.78 Å². The van der Waals surface area contributed by atoms with Crippen LogP contribution in [0.1, 0.15) is 26.7 Å². The monoisotopic (exact) mass is 278 g/mol. The lowest BCUT2D eigenvalue weighted by molar-refractivity contribution is -0.115. The van der Waals surface area contributed by atoms with Crippen molar-refractivity contribution in [1.82, 2.24) is 0 Å². The van der Waals surface area contributed by atoms with Crippen molar-refractivity contribution in [2.45, 2.75) is 32.8 Å². The van der Waals surface area contributed by atoms with E-state index in [0.717, 1.165) is 5.57 Å². The first-order valence-electron chi connectivity index (χ1n) is 6.89. The lowest BCUT2D eigenvalue weighted by atomic mass is 9.60. The maximum absolute atomic E-state index is 12.5. The highest BCUT2D eigenvalue weighted by molar-refractivity contribution is 6.11. The van der Waals surface area contributed by atoms with Crippen LogP contribution >= 0.6 is 0 Å². The second-order valence-corrected chi connectivity index (χ2v) is 5.84. The van der Waals surface area contributed by atoms with E-state index in [4.69, 9.17) is 4.74 Å². The fraction of sp³-hybridized carbons (Fsp3) is 0.562. The largest absolute Gasteiger partial charge is 0.493 e. The second-order valence-electron chi connectivity index (χ2n) is 5.84. The molecule has 2 aliphatic rings. The number of ether oxygens (including phenoxy) is 1. The van der Waals surface area contributed by atoms with Gasteiger partial charge in [0.15, 0.2) is 5.76 Å². The smallest absolute Gasteiger partial charge is 0.227 e. The number of fused-ring (bicyclic) bond motifs is 1. The molecule has 0 aliphatic heterocycles. The van der Waals surface area contributed by atoms with Crippen LogP contribution < -0.4 is 0 Å². The molecular weight excluding hydrogens is 256 g/mol. The van der Waals surface area contributed by atoms with Gasteiger partial charge in [0.05, 0.1) is 19.8 Å². The zero-order valence-electron chi connectivity index (χ0n) is 12.3. The van der Waals surface area contributed by atoms with Crippen LogP contribution in [0.15, 0.2) is 35.1 Å². The number of carbonyl (C=O) groups excluding carboxylic acids is 1. The van der Waals surface area contributed by atoms with Gasteiger partial charge in [-0.3, -0.25) is 4.79 Å². The molecule has 0 heterocycles. The van der Waals surface area contributed by atoms with Crippen molar-refractivity contribution in [2.75, 3.05) is 13.7 Å². The van der Waals surface area contributed by atoms with Crippen LogP contribution in [0.25, 0.3) is 0 Å². The van der Waals surface area contributed by atoms with Gasteiger partial charge >= 0.3 is 0 Å². The molecular formula is C16H22O4. The lowest BCUT2D eigenvalue weighted by Crippen LogP contribution is -2.43. The molecule has 110 valence electrons. The summed E-state index contributed by atoms with van der Waals surface area (Å²) in [4.78, 5) is 12.5. The summed E-state index contributed by atoms with van der Waals surface area (Å²) in [7, 11) is 1.49. The van der Waals surface area contributed by atoms with Gasteiger partial charge in [0.25, 0.3) is 0 Å². The fourth-order valence-electron chi connectivity index (χ4n) is 3.25. The normalized spacial score (nSPS) is 33.6. The van der Waals surface area contributed by atoms with Crippen molar-refractivity contribution in [1.29, 1.82) is 0 Å². The number of allylic oxidation sites excluding steroid dienone is 3. The molecule has 1 fully saturated rings. The number of hydrogen-bond donors (Lipinski definition) is 2. The average molecular weight is 278 g/mol. The van der Waals surface area contributed by atoms with E-state index in [2.05, 4.69) is 6.58 Å². The number of Topliss-reactive ketones (excluding diaryl/α,β-unsaturated/α-hetero) is 1. The van der Waals surface area contributed by atoms with Gasteiger partial charge in [0.1, 0.15) is 0 Å². The first kappa shape index (κ1) is 15.0. The van der Waals surface area contributed by atoms with E-state index in [0.29, 0.717) is 29.7 Å². The molecule has 0 amide bonds. The minimum Gasteiger partial charge on any atom is -0.493 e. The van der Waals surface area contributed by atoms with Crippen molar-refractivity contribution in [3.05, 3.63) is 35.1 Å². The molecule has 1 saturated carbocycles. The standard InChI is InChI=1S/C16H22O4/c1-9(8-17)11-7-16(3)10(2)13(18)6-5-12(16)15(20-4)14(11)19/h7,10,13,17-18H,1,5-6,8H2,2-4H3/t10-,13+,16+/m0/s1. The molecule has 0 unspecified atom stereocenters. The molecule has 0 aromatic rings. The minimum atomic E-state index is -0.440. The van der Waals surface area contributed by atoms with Gasteiger partial charge in [-0.15, -0.1) is 0 Å². The molecule has 2 rings (SSSR count). The van der Waals surface area contributed by atoms with Crippen LogP contribution in [0.4, 0.5) is 0 Å². The maximum atomic E-state index is 12.5. The van der Waals surface area contributed by atoms with Crippen LogP contribution in [0, 0.1) is 11.3 Å². The van der Waals surface area contributed by atoms with E-state index in [1.165, 1.54) is 7.11 Å². The molecule has 0 aromatic carbocycles. The highest BCUT2D eigenvalue weighted by Crippen LogP contribution is 2.51. The molecule has 2 aliphatic carbocycles. The number of rotatable bonds is 3. The van der Waals surface area contributed by atoms with Crippen LogP contribution in [-0.4, -0.2) is 35.8 Å². The molecule has 0 bridgehead atoms. The quantitative estimate of drug-likeness (QED) is 0.825. The molecule has 3 atom stereocenters. The summed E-state index contributed by atoms with van der Waals surface area (Å²) in [6, 6.07) is 0. The van der Waals surface area contributed by atoms with E-state index in [1.54, 1.807) is 0 Å². The van der Waals surface area contributed by atoms with Gasteiger partial charge < -0.3 is 14.9 Å². The number of hydrogen-bond acceptors (Lipinski definition) is 4. The molecule has 0 saturated heterocycles. The molecule has 0 aromatic heterocycles. The highest BCUT2D eigenvalue weighted by atomic mass is 16.5. The van der Waals surface area contributed by atoms with Crippen LogP contribution in [0.3, 0.4) is 0 Å². The van der Waals surface area contributed by atoms with Crippen molar-refractivity contribution in [2.24, 2.45) is 11.3 Å². The molecule has 4 nitrogen and oxygen atoms in total. The summed E-state index contributed by atoms with van der Waals surface area (Å²) >= 11 is 0. The third kappa shape index (κ3) is 2.03. The Bertz CT molecular complexity index is 515. The minimum absolute atomic E-state index is 0.0222. The summed E-state index contributed by atoms with van der Waals surface area (Å²) in [5.74, 6) is 0.104. The number of aliphatic hydroxyl groups is 2. The predicted octanol–water partition coefficient (Wildman–Crippen LogP) is 1.74. The van der Waals surface area contributed by atoms with Gasteiger partial charge in [0, 0.05) is 11.0 Å². The SMILES string of the molecule is C=C(CO)C1=C[C@@]2(C)C(=C(OC)C1=O)CC[C@@H](O)[C@@H]2C. The Morgan fingerprint density at radius 1 is 1.60 bits per heavy atom. The summed E-state index contributed by atoms with van der Waals surface area (Å²) in [5, 5.41) is 19.4. The number of carbonyl (C=O) groups is 1. The lowest BCUT2D eigenvalue weighted by Gasteiger charge is -2.45. The Morgan fingerprint density at radius 2 is 2.25 bits per heavy atom. The van der Waals surface area contributed by atoms with E-state index in [1.807, 2.05) is 19.9 Å². The zero-order chi connectivity index (χ0) is 15.1. The Kier molecular flexibility index (Phi) is 3.89. The van der Waals surface area contributed by atoms with Gasteiger partial charge in [0.2, 0.25) is 5.78 Å². The number of methoxy groups -OCH3 is 1. The van der Waals surface area contributed by atoms with E-state index in [9.17, 15) is 15.0 Å². The molecule has 0 spiro atoms. The molecule has 0 radical (unpaired) electrons. The Balaban J connectivity index is 2.59. The summed E-state index contributed by atoms with van der Waals surface area (Å²) in [6.45, 7) is 7.46. The first-order valence-corrected chi connectivity index (χ1v) is 6.89. The maximum Gasteiger partial charge on any atom is 0.227 e. The molecule has 2 N–H and O–H groups in total. The Hall–Kier alpha value is -1.39. The average Bonchev–Trinajstić information content (AvgIpc) is 2.44. The third-order valence-corrected chi connectivity index (χ3v) is 4.81. The number of aliphatic hydroxyl groups excluding tert-OH is 2. The van der Waals surface area contributed by atoms with Gasteiger partial charge in [-0.05, 0) is 29.9 Å². The first-order chi connectivity index (χ1) is 9.36. The van der Waals surface area contributed by atoms with Crippen LogP contribution in [-0.2, 0) is 9.53 Å². The highest BCUT2D eigenvalue weighted by Gasteiger charge is 2.47. The number of ketones is 1. The topological polar surface area (TPSA) is 66.8 Å². The zero-order valence-corrected chi connectivity index (χ0v) is 12.3. The molecule has 4 heteroatoms. The van der Waals surface area contributed by atoms with Crippen molar-refractivity contribution < 1.29 is 19.7 Å². The van der Waals surface area contributed by atoms with Gasteiger partial charge in [-0.25, -0.2) is 0 Å². The van der Waals surface area contributed by atoms with E-state index < -0.39 is 11.5 Å². The summed E-state index contributed by atoms with van der Waals surface area (Å²) in [6.07, 6.45) is 2.72. The Morgan fingerprint density at radius 3 is 2.80 bits per heavy atom.